The van der Waals surface area contributed by atoms with Gasteiger partial charge >= 0.3 is 0 Å². The van der Waals surface area contributed by atoms with Gasteiger partial charge in [0.1, 0.15) is 0 Å². The molecule has 0 saturated carbocycles. The number of rotatable bonds is 4. The molecule has 1 aliphatic rings. The molecule has 1 fully saturated rings. The Morgan fingerprint density at radius 2 is 2.53 bits per heavy atom. The molecule has 84 valence electrons. The molecular formula is C12H20N2O. The van der Waals surface area contributed by atoms with Crippen molar-refractivity contribution in [3.63, 3.8) is 0 Å². The van der Waals surface area contributed by atoms with Gasteiger partial charge in [-0.05, 0) is 31.5 Å². The Morgan fingerprint density at radius 3 is 3.27 bits per heavy atom. The molecule has 1 aromatic rings. The highest BCUT2D eigenvalue weighted by Crippen LogP contribution is 2.23. The molecule has 0 radical (unpaired) electrons. The average Bonchev–Trinajstić information content (AvgIpc) is 2.75. The van der Waals surface area contributed by atoms with Gasteiger partial charge in [-0.25, -0.2) is 0 Å². The summed E-state index contributed by atoms with van der Waals surface area (Å²) in [6, 6.07) is 4.38. The van der Waals surface area contributed by atoms with Gasteiger partial charge in [0, 0.05) is 38.0 Å². The normalized spacial score (nSPS) is 21.8. The van der Waals surface area contributed by atoms with Crippen molar-refractivity contribution in [1.29, 1.82) is 0 Å². The quantitative estimate of drug-likeness (QED) is 0.813. The lowest BCUT2D eigenvalue weighted by atomic mass is 9.96. The molecule has 0 aliphatic carbocycles. The van der Waals surface area contributed by atoms with Gasteiger partial charge in [0.15, 0.2) is 0 Å². The lowest BCUT2D eigenvalue weighted by Crippen LogP contribution is -2.29. The summed E-state index contributed by atoms with van der Waals surface area (Å²) >= 11 is 0. The maximum Gasteiger partial charge on any atom is 0.0641 e. The van der Waals surface area contributed by atoms with E-state index >= 15 is 0 Å². The molecule has 0 amide bonds. The van der Waals surface area contributed by atoms with Crippen molar-refractivity contribution in [2.75, 3.05) is 26.8 Å². The molecule has 3 nitrogen and oxygen atoms in total. The molecular weight excluding hydrogens is 188 g/mol. The zero-order chi connectivity index (χ0) is 10.5. The zero-order valence-electron chi connectivity index (χ0n) is 9.41. The van der Waals surface area contributed by atoms with E-state index in [-0.39, 0.29) is 0 Å². The Morgan fingerprint density at radius 1 is 1.60 bits per heavy atom. The second-order valence-corrected chi connectivity index (χ2v) is 4.16. The minimum atomic E-state index is 0.686. The maximum absolute atomic E-state index is 5.12. The molecule has 1 saturated heterocycles. The molecule has 2 rings (SSSR count). The second-order valence-electron chi connectivity index (χ2n) is 4.16. The summed E-state index contributed by atoms with van der Waals surface area (Å²) in [4.78, 5) is 0. The molecule has 0 unspecified atom stereocenters. The van der Waals surface area contributed by atoms with Crippen LogP contribution in [0.3, 0.4) is 0 Å². The fourth-order valence-corrected chi connectivity index (χ4v) is 2.30. The van der Waals surface area contributed by atoms with Crippen LogP contribution < -0.4 is 5.32 Å². The Hall–Kier alpha value is -0.800. The summed E-state index contributed by atoms with van der Waals surface area (Å²) in [7, 11) is 1.76. The lowest BCUT2D eigenvalue weighted by molar-refractivity contribution is 0.186. The number of aromatic nitrogens is 1. The van der Waals surface area contributed by atoms with Crippen LogP contribution in [0.4, 0.5) is 0 Å². The van der Waals surface area contributed by atoms with Crippen molar-refractivity contribution >= 4 is 0 Å². The Kier molecular flexibility index (Phi) is 3.80. The average molecular weight is 208 g/mol. The SMILES string of the molecule is COCCn1cccc1[C@H]1CCCNC1. The monoisotopic (exact) mass is 208 g/mol. The number of piperidine rings is 1. The summed E-state index contributed by atoms with van der Waals surface area (Å²) in [5, 5.41) is 3.46. The molecule has 1 aromatic heterocycles. The molecule has 3 heteroatoms. The van der Waals surface area contributed by atoms with Crippen molar-refractivity contribution in [2.45, 2.75) is 25.3 Å². The van der Waals surface area contributed by atoms with Crippen LogP contribution in [0, 0.1) is 0 Å². The van der Waals surface area contributed by atoms with Crippen molar-refractivity contribution in [2.24, 2.45) is 0 Å². The second kappa shape index (κ2) is 5.33. The van der Waals surface area contributed by atoms with Crippen LogP contribution in [0.5, 0.6) is 0 Å². The number of nitrogens with zero attached hydrogens (tertiary/aromatic N) is 1. The number of hydrogen-bond acceptors (Lipinski definition) is 2. The molecule has 1 atom stereocenters. The van der Waals surface area contributed by atoms with Crippen molar-refractivity contribution in [1.82, 2.24) is 9.88 Å². The van der Waals surface area contributed by atoms with E-state index in [4.69, 9.17) is 4.74 Å². The molecule has 15 heavy (non-hydrogen) atoms. The van der Waals surface area contributed by atoms with Gasteiger partial charge in [-0.3, -0.25) is 0 Å². The third-order valence-electron chi connectivity index (χ3n) is 3.12. The van der Waals surface area contributed by atoms with Gasteiger partial charge in [-0.2, -0.15) is 0 Å². The molecule has 0 aromatic carbocycles. The number of ether oxygens (including phenoxy) is 1. The molecule has 1 aliphatic heterocycles. The molecule has 2 heterocycles. The first-order valence-corrected chi connectivity index (χ1v) is 5.76. The van der Waals surface area contributed by atoms with Crippen LogP contribution in [0.15, 0.2) is 18.3 Å². The van der Waals surface area contributed by atoms with E-state index in [9.17, 15) is 0 Å². The highest BCUT2D eigenvalue weighted by molar-refractivity contribution is 5.14. The Labute approximate surface area is 91.4 Å². The molecule has 0 spiro atoms. The van der Waals surface area contributed by atoms with Crippen molar-refractivity contribution in [3.8, 4) is 0 Å². The standard InChI is InChI=1S/C12H20N2O/c1-15-9-8-14-7-3-5-12(14)11-4-2-6-13-10-11/h3,5,7,11,13H,2,4,6,8-10H2,1H3/t11-/m0/s1. The molecule has 1 N–H and O–H groups in total. The van der Waals surface area contributed by atoms with Gasteiger partial charge < -0.3 is 14.6 Å². The fourth-order valence-electron chi connectivity index (χ4n) is 2.30. The maximum atomic E-state index is 5.12. The minimum absolute atomic E-state index is 0.686. The van der Waals surface area contributed by atoms with E-state index in [1.807, 2.05) is 0 Å². The first kappa shape index (κ1) is 10.7. The summed E-state index contributed by atoms with van der Waals surface area (Å²) in [5.74, 6) is 0.686. The van der Waals surface area contributed by atoms with Crippen LogP contribution in [0.2, 0.25) is 0 Å². The minimum Gasteiger partial charge on any atom is -0.383 e. The van der Waals surface area contributed by atoms with Gasteiger partial charge in [0.05, 0.1) is 6.61 Å². The highest BCUT2D eigenvalue weighted by atomic mass is 16.5. The van der Waals surface area contributed by atoms with Crippen molar-refractivity contribution < 1.29 is 4.74 Å². The van der Waals surface area contributed by atoms with Crippen LogP contribution in [-0.4, -0.2) is 31.4 Å². The smallest absolute Gasteiger partial charge is 0.0641 e. The topological polar surface area (TPSA) is 26.2 Å². The van der Waals surface area contributed by atoms with Gasteiger partial charge in [-0.1, -0.05) is 0 Å². The first-order chi connectivity index (χ1) is 7.42. The van der Waals surface area contributed by atoms with Crippen LogP contribution in [0.25, 0.3) is 0 Å². The van der Waals surface area contributed by atoms with E-state index < -0.39 is 0 Å². The van der Waals surface area contributed by atoms with Gasteiger partial charge in [0.2, 0.25) is 0 Å². The summed E-state index contributed by atoms with van der Waals surface area (Å²) in [6.45, 7) is 4.06. The van der Waals surface area contributed by atoms with Crippen LogP contribution in [0.1, 0.15) is 24.5 Å². The summed E-state index contributed by atoms with van der Waals surface area (Å²) in [5.41, 5.74) is 1.46. The Balaban J connectivity index is 2.02. The third kappa shape index (κ3) is 2.61. The predicted molar refractivity (Wildman–Crippen MR) is 61.2 cm³/mol. The first-order valence-electron chi connectivity index (χ1n) is 5.76. The van der Waals surface area contributed by atoms with E-state index in [1.54, 1.807) is 7.11 Å². The highest BCUT2D eigenvalue weighted by Gasteiger charge is 2.17. The fraction of sp³-hybridized carbons (Fsp3) is 0.667. The van der Waals surface area contributed by atoms with Crippen molar-refractivity contribution in [3.05, 3.63) is 24.0 Å². The van der Waals surface area contributed by atoms with E-state index in [2.05, 4.69) is 28.2 Å². The van der Waals surface area contributed by atoms with Gasteiger partial charge in [0.25, 0.3) is 0 Å². The van der Waals surface area contributed by atoms with Crippen LogP contribution in [-0.2, 0) is 11.3 Å². The number of methoxy groups -OCH3 is 1. The lowest BCUT2D eigenvalue weighted by Gasteiger charge is -2.24. The van der Waals surface area contributed by atoms with E-state index in [1.165, 1.54) is 25.1 Å². The number of hydrogen-bond donors (Lipinski definition) is 1. The largest absolute Gasteiger partial charge is 0.383 e. The number of nitrogens with one attached hydrogen (secondary N) is 1. The van der Waals surface area contributed by atoms with Crippen LogP contribution >= 0.6 is 0 Å². The third-order valence-corrected chi connectivity index (χ3v) is 3.12. The Bertz CT molecular complexity index is 290. The summed E-state index contributed by atoms with van der Waals surface area (Å²) < 4.78 is 7.44. The predicted octanol–water partition coefficient (Wildman–Crippen LogP) is 1.60. The van der Waals surface area contributed by atoms with E-state index in [0.29, 0.717) is 5.92 Å². The van der Waals surface area contributed by atoms with E-state index in [0.717, 1.165) is 19.7 Å². The zero-order valence-corrected chi connectivity index (χ0v) is 9.41. The summed E-state index contributed by atoms with van der Waals surface area (Å²) in [6.07, 6.45) is 4.76. The van der Waals surface area contributed by atoms with Gasteiger partial charge in [-0.15, -0.1) is 0 Å². The molecule has 0 bridgehead atoms.